The zero-order chi connectivity index (χ0) is 21.7. The van der Waals surface area contributed by atoms with Crippen LogP contribution in [0.5, 0.6) is 0 Å². The van der Waals surface area contributed by atoms with E-state index in [1.165, 1.54) is 128 Å². The van der Waals surface area contributed by atoms with Gasteiger partial charge in [0, 0.05) is 0 Å². The second-order valence-corrected chi connectivity index (χ2v) is 9.46. The first kappa shape index (κ1) is 27.3. The van der Waals surface area contributed by atoms with E-state index in [1.807, 2.05) is 0 Å². The maximum Gasteiger partial charge on any atom is -0.0273 e. The standard InChI is InChI=1S/C30H53/c1-4-7-10-12-14-16-18-20-23-28-25-22-26-29(30(28)27-9-6-3)24-21-19-17-15-13-11-8-5-2/h22,25-26H,3-21,23-24,27H2,1-2H3. The Kier molecular flexibility index (Phi) is 18.3. The third-order valence-corrected chi connectivity index (χ3v) is 6.65. The van der Waals surface area contributed by atoms with Gasteiger partial charge in [0.1, 0.15) is 0 Å². The molecule has 0 aliphatic carbocycles. The Morgan fingerprint density at radius 2 is 0.900 bits per heavy atom. The third-order valence-electron chi connectivity index (χ3n) is 6.65. The van der Waals surface area contributed by atoms with Crippen molar-refractivity contribution < 1.29 is 0 Å². The highest BCUT2D eigenvalue weighted by Gasteiger charge is 2.08. The Hall–Kier alpha value is -0.780. The predicted molar refractivity (Wildman–Crippen MR) is 137 cm³/mol. The molecule has 0 saturated heterocycles. The number of unbranched alkanes of at least 4 members (excludes halogenated alkanes) is 15. The van der Waals surface area contributed by atoms with Gasteiger partial charge in [-0.05, 0) is 55.2 Å². The van der Waals surface area contributed by atoms with Crippen LogP contribution < -0.4 is 0 Å². The molecule has 0 N–H and O–H groups in total. The van der Waals surface area contributed by atoms with Crippen molar-refractivity contribution in [3.63, 3.8) is 0 Å². The molecule has 173 valence electrons. The van der Waals surface area contributed by atoms with Crippen LogP contribution in [0.15, 0.2) is 18.2 Å². The quantitative estimate of drug-likeness (QED) is 0.176. The largest absolute Gasteiger partial charge is 0.0654 e. The molecule has 1 radical (unpaired) electrons. The minimum Gasteiger partial charge on any atom is -0.0654 e. The van der Waals surface area contributed by atoms with Gasteiger partial charge < -0.3 is 0 Å². The van der Waals surface area contributed by atoms with Crippen molar-refractivity contribution in [1.29, 1.82) is 0 Å². The molecule has 0 heteroatoms. The van der Waals surface area contributed by atoms with Gasteiger partial charge in [0.05, 0.1) is 0 Å². The SMILES string of the molecule is [CH2]CCCc1c(CCCCCCCCCC)cccc1CCCCCCCCCC. The van der Waals surface area contributed by atoms with Crippen LogP contribution >= 0.6 is 0 Å². The highest BCUT2D eigenvalue weighted by Crippen LogP contribution is 2.23. The van der Waals surface area contributed by atoms with E-state index in [0.29, 0.717) is 0 Å². The maximum atomic E-state index is 4.09. The molecule has 0 bridgehead atoms. The highest BCUT2D eigenvalue weighted by molar-refractivity contribution is 5.36. The van der Waals surface area contributed by atoms with Crippen LogP contribution in [0.3, 0.4) is 0 Å². The molecule has 0 fully saturated rings. The van der Waals surface area contributed by atoms with E-state index in [4.69, 9.17) is 0 Å². The molecule has 1 rings (SSSR count). The fourth-order valence-corrected chi connectivity index (χ4v) is 4.68. The Bertz CT molecular complexity index is 449. The number of hydrogen-bond donors (Lipinski definition) is 0. The van der Waals surface area contributed by atoms with Gasteiger partial charge in [-0.2, -0.15) is 0 Å². The molecule has 0 amide bonds. The first-order valence-corrected chi connectivity index (χ1v) is 13.7. The summed E-state index contributed by atoms with van der Waals surface area (Å²) in [4.78, 5) is 0. The summed E-state index contributed by atoms with van der Waals surface area (Å²) in [6.07, 6.45) is 28.7. The topological polar surface area (TPSA) is 0 Å². The normalized spacial score (nSPS) is 11.3. The summed E-state index contributed by atoms with van der Waals surface area (Å²) in [6, 6.07) is 7.15. The Labute approximate surface area is 190 Å². The summed E-state index contributed by atoms with van der Waals surface area (Å²) in [5, 5.41) is 0. The Balaban J connectivity index is 2.38. The summed E-state index contributed by atoms with van der Waals surface area (Å²) < 4.78 is 0. The lowest BCUT2D eigenvalue weighted by Gasteiger charge is -2.15. The minimum absolute atomic E-state index is 1.06. The highest BCUT2D eigenvalue weighted by atomic mass is 14.1. The molecule has 0 aliphatic rings. The van der Waals surface area contributed by atoms with Crippen molar-refractivity contribution in [3.05, 3.63) is 41.8 Å². The second kappa shape index (κ2) is 20.1. The molecule has 0 unspecified atom stereocenters. The van der Waals surface area contributed by atoms with Crippen molar-refractivity contribution in [2.24, 2.45) is 0 Å². The van der Waals surface area contributed by atoms with Crippen molar-refractivity contribution in [2.75, 3.05) is 0 Å². The van der Waals surface area contributed by atoms with Crippen LogP contribution in [-0.4, -0.2) is 0 Å². The van der Waals surface area contributed by atoms with Crippen LogP contribution in [0.25, 0.3) is 0 Å². The minimum atomic E-state index is 1.06. The number of hydrogen-bond acceptors (Lipinski definition) is 0. The molecule has 0 saturated carbocycles. The number of aryl methyl sites for hydroxylation is 2. The van der Waals surface area contributed by atoms with Gasteiger partial charge in [0.2, 0.25) is 0 Å². The Morgan fingerprint density at radius 3 is 1.30 bits per heavy atom. The predicted octanol–water partition coefficient (Wildman–Crippen LogP) is 10.2. The number of benzene rings is 1. The molecule has 1 aromatic carbocycles. The van der Waals surface area contributed by atoms with E-state index < -0.39 is 0 Å². The van der Waals surface area contributed by atoms with Crippen molar-refractivity contribution in [1.82, 2.24) is 0 Å². The van der Waals surface area contributed by atoms with Gasteiger partial charge in [-0.3, -0.25) is 0 Å². The van der Waals surface area contributed by atoms with E-state index in [-0.39, 0.29) is 0 Å². The van der Waals surface area contributed by atoms with E-state index in [0.717, 1.165) is 6.42 Å². The zero-order valence-electron chi connectivity index (χ0n) is 20.8. The lowest BCUT2D eigenvalue weighted by Crippen LogP contribution is -2.02. The van der Waals surface area contributed by atoms with E-state index >= 15 is 0 Å². The second-order valence-electron chi connectivity index (χ2n) is 9.46. The van der Waals surface area contributed by atoms with Gasteiger partial charge in [-0.15, -0.1) is 0 Å². The van der Waals surface area contributed by atoms with Crippen LogP contribution in [0.1, 0.15) is 146 Å². The Morgan fingerprint density at radius 1 is 0.500 bits per heavy atom. The van der Waals surface area contributed by atoms with Gasteiger partial charge >= 0.3 is 0 Å². The van der Waals surface area contributed by atoms with Crippen LogP contribution in [0.4, 0.5) is 0 Å². The molecule has 0 spiro atoms. The van der Waals surface area contributed by atoms with Crippen LogP contribution in [0, 0.1) is 6.92 Å². The first-order valence-electron chi connectivity index (χ1n) is 13.7. The summed E-state index contributed by atoms with van der Waals surface area (Å²) >= 11 is 0. The van der Waals surface area contributed by atoms with Crippen molar-refractivity contribution in [2.45, 2.75) is 149 Å². The van der Waals surface area contributed by atoms with E-state index in [2.05, 4.69) is 39.0 Å². The van der Waals surface area contributed by atoms with E-state index in [1.54, 1.807) is 16.7 Å². The third kappa shape index (κ3) is 13.5. The summed E-state index contributed by atoms with van der Waals surface area (Å²) in [7, 11) is 0. The molecular weight excluding hydrogens is 360 g/mol. The van der Waals surface area contributed by atoms with Gasteiger partial charge in [-0.25, -0.2) is 0 Å². The fourth-order valence-electron chi connectivity index (χ4n) is 4.68. The van der Waals surface area contributed by atoms with Gasteiger partial charge in [0.25, 0.3) is 0 Å². The fraction of sp³-hybridized carbons (Fsp3) is 0.767. The lowest BCUT2D eigenvalue weighted by atomic mass is 9.90. The maximum absolute atomic E-state index is 4.09. The molecular formula is C30H53. The average molecular weight is 414 g/mol. The van der Waals surface area contributed by atoms with E-state index in [9.17, 15) is 0 Å². The first-order chi connectivity index (χ1) is 14.8. The number of rotatable bonds is 21. The molecule has 30 heavy (non-hydrogen) atoms. The van der Waals surface area contributed by atoms with Crippen molar-refractivity contribution in [3.8, 4) is 0 Å². The molecule has 0 aromatic heterocycles. The van der Waals surface area contributed by atoms with Crippen LogP contribution in [-0.2, 0) is 19.3 Å². The average Bonchev–Trinajstić information content (AvgIpc) is 2.76. The molecule has 0 aliphatic heterocycles. The molecule has 0 nitrogen and oxygen atoms in total. The van der Waals surface area contributed by atoms with Gasteiger partial charge in [0.15, 0.2) is 0 Å². The zero-order valence-corrected chi connectivity index (χ0v) is 20.8. The smallest absolute Gasteiger partial charge is 0.0273 e. The monoisotopic (exact) mass is 413 g/mol. The van der Waals surface area contributed by atoms with Crippen LogP contribution in [0.2, 0.25) is 0 Å². The summed E-state index contributed by atoms with van der Waals surface area (Å²) in [5.41, 5.74) is 4.98. The summed E-state index contributed by atoms with van der Waals surface area (Å²) in [6.45, 7) is 8.70. The van der Waals surface area contributed by atoms with Crippen molar-refractivity contribution >= 4 is 0 Å². The molecule has 0 atom stereocenters. The summed E-state index contributed by atoms with van der Waals surface area (Å²) in [5.74, 6) is 0. The lowest BCUT2D eigenvalue weighted by molar-refractivity contribution is 0.572. The molecule has 1 aromatic rings. The molecule has 0 heterocycles. The van der Waals surface area contributed by atoms with Gasteiger partial charge in [-0.1, -0.05) is 135 Å².